The number of unbranched alkanes of at least 4 members (excludes halogenated alkanes) is 10. The van der Waals surface area contributed by atoms with Gasteiger partial charge in [-0.2, -0.15) is 52.0 Å². The van der Waals surface area contributed by atoms with Crippen molar-refractivity contribution in [2.24, 2.45) is 0 Å². The molecule has 322 valence electrons. The zero-order chi connectivity index (χ0) is 43.1. The van der Waals surface area contributed by atoms with Crippen molar-refractivity contribution in [3.05, 3.63) is 66.7 Å². The van der Waals surface area contributed by atoms with Gasteiger partial charge in [-0.25, -0.2) is 0 Å². The summed E-state index contributed by atoms with van der Waals surface area (Å²) in [5.74, 6) is -13.3. The average molecular weight is 881 g/mol. The summed E-state index contributed by atoms with van der Waals surface area (Å²) in [6.07, 6.45) is 15.3. The van der Waals surface area contributed by atoms with E-state index in [9.17, 15) is 52.0 Å². The Bertz CT molecular complexity index is 1840. The molecule has 3 aromatic carbocycles. The van der Waals surface area contributed by atoms with Crippen LogP contribution >= 0.6 is 12.6 Å². The van der Waals surface area contributed by atoms with E-state index in [-0.39, 0.29) is 0 Å². The Balaban J connectivity index is 0.000000476. The molecule has 57 heavy (non-hydrogen) atoms. The number of alkyl halides is 8. The topological polar surface area (TPSA) is 127 Å². The molecular weight excluding hydrogens is 833 g/mol. The van der Waals surface area contributed by atoms with Crippen LogP contribution < -0.4 is 9.47 Å². The predicted octanol–water partition coefficient (Wildman–Crippen LogP) is 12.0. The largest absolute Gasteiger partial charge is 0.494 e. The molecule has 0 saturated heterocycles. The molecule has 3 aromatic rings. The molecule has 8 nitrogen and oxygen atoms in total. The van der Waals surface area contributed by atoms with Crippen molar-refractivity contribution >= 4 is 32.9 Å². The van der Waals surface area contributed by atoms with Crippen LogP contribution in [0.3, 0.4) is 0 Å². The first-order valence-electron chi connectivity index (χ1n) is 18.2. The van der Waals surface area contributed by atoms with Gasteiger partial charge < -0.3 is 9.47 Å². The van der Waals surface area contributed by atoms with Gasteiger partial charge in [-0.05, 0) is 59.9 Å². The molecule has 0 spiro atoms. The van der Waals surface area contributed by atoms with Crippen molar-refractivity contribution in [2.75, 3.05) is 13.2 Å². The van der Waals surface area contributed by atoms with Crippen molar-refractivity contribution in [3.8, 4) is 33.8 Å². The predicted molar refractivity (Wildman–Crippen MR) is 205 cm³/mol. The number of ether oxygens (including phenoxy) is 2. The second kappa shape index (κ2) is 21.8. The Kier molecular flexibility index (Phi) is 19.1. The summed E-state index contributed by atoms with van der Waals surface area (Å²) in [6.45, 7) is 6.08. The molecule has 0 radical (unpaired) electrons. The number of rotatable bonds is 23. The maximum absolute atomic E-state index is 12.6. The molecule has 0 fully saturated rings. The average Bonchev–Trinajstić information content (AvgIpc) is 3.14. The Labute approximate surface area is 334 Å². The fourth-order valence-corrected chi connectivity index (χ4v) is 6.61. The monoisotopic (exact) mass is 880 g/mol. The molecule has 0 saturated carbocycles. The molecule has 0 bridgehead atoms. The summed E-state index contributed by atoms with van der Waals surface area (Å²) in [7, 11) is -14.6. The van der Waals surface area contributed by atoms with Gasteiger partial charge >= 0.3 is 42.6 Å². The number of benzene rings is 3. The van der Waals surface area contributed by atoms with E-state index in [4.69, 9.17) is 31.2 Å². The maximum Gasteiger partial charge on any atom is 0.438 e. The van der Waals surface area contributed by atoms with Gasteiger partial charge in [0, 0.05) is 10.5 Å². The van der Waals surface area contributed by atoms with Crippen LogP contribution in [0.15, 0.2) is 71.6 Å². The van der Waals surface area contributed by atoms with Crippen molar-refractivity contribution in [2.45, 2.75) is 118 Å². The summed E-state index contributed by atoms with van der Waals surface area (Å²) >= 11 is 4.81. The molecule has 3 rings (SSSR count). The Morgan fingerprint density at radius 1 is 0.526 bits per heavy atom. The lowest BCUT2D eigenvalue weighted by molar-refractivity contribution is -0.327. The van der Waals surface area contributed by atoms with Crippen molar-refractivity contribution in [1.82, 2.24) is 0 Å². The lowest BCUT2D eigenvalue weighted by Crippen LogP contribution is -2.66. The van der Waals surface area contributed by atoms with Gasteiger partial charge in [0.25, 0.3) is 0 Å². The molecule has 0 aliphatic heterocycles. The first kappa shape index (κ1) is 50.0. The second-order valence-electron chi connectivity index (χ2n) is 13.1. The van der Waals surface area contributed by atoms with E-state index in [1.807, 2.05) is 0 Å². The van der Waals surface area contributed by atoms with E-state index >= 15 is 0 Å². The normalized spacial score (nSPS) is 12.9. The standard InChI is InChI=1S/C34H46O2S.C4H2F8O6S2/c1-3-5-7-9-11-13-26-35-30-22-18-28(19-23-30)32-16-15-17-33(37)34(32)29-20-24-31(25-21-29)36-27-14-12-10-8-6-4-2;5-1(6,3(9,10)19(13,14)15)2(7,8)4(11,12)20(16,17)18/h15-25,37H,3-14,26-27H2,1-2H3;(H,13,14,15)(H,16,17,18). The third-order valence-electron chi connectivity index (χ3n) is 8.66. The highest BCUT2D eigenvalue weighted by Gasteiger charge is 2.87. The molecule has 19 heteroatoms. The van der Waals surface area contributed by atoms with Gasteiger partial charge in [-0.1, -0.05) is 114 Å². The third-order valence-corrected chi connectivity index (χ3v) is 10.8. The SMILES string of the molecule is CCCCCCCCOc1ccc(-c2cccc(S)c2-c2ccc(OCCCCCCCC)cc2)cc1.O=S(=O)(O)C(F)(F)C(F)(F)C(F)(F)C(F)(F)S(=O)(=O)O. The molecule has 0 aliphatic rings. The van der Waals surface area contributed by atoms with Crippen LogP contribution in [0.5, 0.6) is 11.5 Å². The lowest BCUT2D eigenvalue weighted by Gasteiger charge is -2.33. The Morgan fingerprint density at radius 3 is 1.25 bits per heavy atom. The zero-order valence-electron chi connectivity index (χ0n) is 31.4. The highest BCUT2D eigenvalue weighted by atomic mass is 32.2. The molecule has 0 atom stereocenters. The van der Waals surface area contributed by atoms with Crippen LogP contribution in [0.25, 0.3) is 22.3 Å². The summed E-state index contributed by atoms with van der Waals surface area (Å²) < 4.78 is 167. The molecule has 0 unspecified atom stereocenters. The first-order chi connectivity index (χ1) is 26.5. The van der Waals surface area contributed by atoms with Gasteiger partial charge in [0.2, 0.25) is 0 Å². The van der Waals surface area contributed by atoms with Crippen molar-refractivity contribution in [1.29, 1.82) is 0 Å². The summed E-state index contributed by atoms with van der Waals surface area (Å²) in [5, 5.41) is -14.3. The fraction of sp³-hybridized carbons (Fsp3) is 0.526. The quantitative estimate of drug-likeness (QED) is 0.0372. The lowest BCUT2D eigenvalue weighted by atomic mass is 9.94. The molecule has 0 heterocycles. The first-order valence-corrected chi connectivity index (χ1v) is 21.5. The Hall–Kier alpha value is -3.13. The number of hydrogen-bond donors (Lipinski definition) is 3. The van der Waals surface area contributed by atoms with Gasteiger partial charge in [0.1, 0.15) is 11.5 Å². The van der Waals surface area contributed by atoms with Gasteiger partial charge in [-0.15, -0.1) is 12.6 Å². The highest BCUT2D eigenvalue weighted by molar-refractivity contribution is 7.87. The van der Waals surface area contributed by atoms with Gasteiger partial charge in [0.05, 0.1) is 13.2 Å². The summed E-state index contributed by atoms with van der Waals surface area (Å²) in [5.41, 5.74) is 4.64. The third kappa shape index (κ3) is 13.2. The smallest absolute Gasteiger partial charge is 0.438 e. The maximum atomic E-state index is 12.6. The molecule has 0 aromatic heterocycles. The van der Waals surface area contributed by atoms with Gasteiger partial charge in [-0.3, -0.25) is 9.11 Å². The van der Waals surface area contributed by atoms with E-state index in [1.165, 1.54) is 75.3 Å². The fourth-order valence-electron chi connectivity index (χ4n) is 5.37. The van der Waals surface area contributed by atoms with Crippen molar-refractivity contribution in [3.63, 3.8) is 0 Å². The van der Waals surface area contributed by atoms with Crippen LogP contribution in [0.1, 0.15) is 90.9 Å². The van der Waals surface area contributed by atoms with Crippen LogP contribution in [0.2, 0.25) is 0 Å². The van der Waals surface area contributed by atoms with E-state index in [2.05, 4.69) is 80.6 Å². The molecular formula is C38H48F8O8S3. The van der Waals surface area contributed by atoms with Crippen LogP contribution in [-0.2, 0) is 20.2 Å². The van der Waals surface area contributed by atoms with Crippen molar-refractivity contribution < 1.29 is 70.5 Å². The number of thiol groups is 1. The Morgan fingerprint density at radius 2 is 0.877 bits per heavy atom. The molecule has 0 amide bonds. The summed E-state index contributed by atoms with van der Waals surface area (Å²) in [6, 6.07) is 23.2. The van der Waals surface area contributed by atoms with E-state index in [0.29, 0.717) is 0 Å². The number of halogens is 8. The highest BCUT2D eigenvalue weighted by Crippen LogP contribution is 2.55. The van der Waals surface area contributed by atoms with Crippen LogP contribution in [0.4, 0.5) is 35.1 Å². The van der Waals surface area contributed by atoms with E-state index in [1.54, 1.807) is 0 Å². The zero-order valence-corrected chi connectivity index (χ0v) is 33.9. The van der Waals surface area contributed by atoms with Crippen LogP contribution in [-0.4, -0.2) is 61.5 Å². The summed E-state index contributed by atoms with van der Waals surface area (Å²) in [4.78, 5) is 0.974. The molecule has 2 N–H and O–H groups in total. The molecule has 0 aliphatic carbocycles. The van der Waals surface area contributed by atoms with E-state index in [0.717, 1.165) is 53.6 Å². The van der Waals surface area contributed by atoms with Crippen LogP contribution in [0, 0.1) is 0 Å². The van der Waals surface area contributed by atoms with E-state index < -0.39 is 42.6 Å². The van der Waals surface area contributed by atoms with Gasteiger partial charge in [0.15, 0.2) is 0 Å². The minimum absolute atomic E-state index is 0.785. The second-order valence-corrected chi connectivity index (χ2v) is 16.5. The number of hydrogen-bond acceptors (Lipinski definition) is 7. The minimum Gasteiger partial charge on any atom is -0.494 e. The minimum atomic E-state index is -7.58.